The number of carboxylic acids is 1. The summed E-state index contributed by atoms with van der Waals surface area (Å²) >= 11 is 0. The summed E-state index contributed by atoms with van der Waals surface area (Å²) in [5.41, 5.74) is 3.17. The fraction of sp³-hybridized carbons (Fsp3) is 0.0952. The molecule has 0 saturated carbocycles. The predicted octanol–water partition coefficient (Wildman–Crippen LogP) is 2.72. The van der Waals surface area contributed by atoms with E-state index in [2.05, 4.69) is 25.7 Å². The predicted molar refractivity (Wildman–Crippen MR) is 122 cm³/mol. The number of anilines is 3. The quantitative estimate of drug-likeness (QED) is 0.276. The van der Waals surface area contributed by atoms with Gasteiger partial charge in [-0.1, -0.05) is 17.3 Å². The number of hydrogen-bond acceptors (Lipinski definition) is 9. The van der Waals surface area contributed by atoms with Crippen molar-refractivity contribution in [3.05, 3.63) is 65.4 Å². The molecule has 3 rings (SSSR count). The first-order valence-electron chi connectivity index (χ1n) is 9.55. The Labute approximate surface area is 193 Å². The van der Waals surface area contributed by atoms with Crippen molar-refractivity contribution in [2.75, 3.05) is 15.5 Å². The number of hydrazone groups is 1. The molecule has 3 aromatic rings. The van der Waals surface area contributed by atoms with Crippen molar-refractivity contribution in [1.29, 1.82) is 5.26 Å². The zero-order valence-corrected chi connectivity index (χ0v) is 18.7. The molecule has 0 spiro atoms. The van der Waals surface area contributed by atoms with Crippen molar-refractivity contribution in [3.8, 4) is 6.07 Å². The minimum absolute atomic E-state index is 0.00203. The number of para-hydroxylation sites is 1. The molecule has 34 heavy (non-hydrogen) atoms. The first-order chi connectivity index (χ1) is 16.1. The van der Waals surface area contributed by atoms with E-state index in [1.807, 2.05) is 0 Å². The Kier molecular flexibility index (Phi) is 6.93. The number of rotatable bonds is 8. The smallest absolute Gasteiger partial charge is 0.337 e. The van der Waals surface area contributed by atoms with Crippen LogP contribution in [0.4, 0.5) is 17.3 Å². The normalized spacial score (nSPS) is 11.4. The van der Waals surface area contributed by atoms with E-state index in [4.69, 9.17) is 4.52 Å². The van der Waals surface area contributed by atoms with Gasteiger partial charge in [0.15, 0.2) is 0 Å². The van der Waals surface area contributed by atoms with Crippen molar-refractivity contribution in [1.82, 2.24) is 5.16 Å². The molecule has 12 nitrogen and oxygen atoms in total. The van der Waals surface area contributed by atoms with Gasteiger partial charge in [-0.3, -0.25) is 10.2 Å². The average Bonchev–Trinajstić information content (AvgIpc) is 3.11. The molecule has 2 aromatic carbocycles. The van der Waals surface area contributed by atoms with E-state index in [0.717, 1.165) is 0 Å². The van der Waals surface area contributed by atoms with Gasteiger partial charge in [0.05, 0.1) is 27.5 Å². The fourth-order valence-electron chi connectivity index (χ4n) is 2.61. The van der Waals surface area contributed by atoms with Crippen LogP contribution in [0.5, 0.6) is 0 Å². The number of nitrogens with zero attached hydrogens (tertiary/aromatic N) is 3. The highest BCUT2D eigenvalue weighted by Gasteiger charge is 2.19. The first kappa shape index (κ1) is 24.0. The Balaban J connectivity index is 1.71. The van der Waals surface area contributed by atoms with Crippen LogP contribution in [0.15, 0.2) is 63.1 Å². The number of carbonyl (C=O) groups is 2. The van der Waals surface area contributed by atoms with Crippen LogP contribution >= 0.6 is 0 Å². The summed E-state index contributed by atoms with van der Waals surface area (Å²) in [5.74, 6) is -2.16. The monoisotopic (exact) mass is 482 g/mol. The van der Waals surface area contributed by atoms with Gasteiger partial charge in [-0.25, -0.2) is 17.9 Å². The Morgan fingerprint density at radius 2 is 1.79 bits per heavy atom. The molecule has 1 heterocycles. The minimum atomic E-state index is -3.95. The number of sulfonamides is 1. The Morgan fingerprint density at radius 3 is 2.38 bits per heavy atom. The number of carbonyl (C=O) groups excluding carboxylic acids is 1. The largest absolute Gasteiger partial charge is 0.478 e. The Morgan fingerprint density at radius 1 is 1.12 bits per heavy atom. The van der Waals surface area contributed by atoms with Gasteiger partial charge in [0.2, 0.25) is 11.6 Å². The van der Waals surface area contributed by atoms with Crippen molar-refractivity contribution in [2.24, 2.45) is 5.10 Å². The third kappa shape index (κ3) is 5.37. The summed E-state index contributed by atoms with van der Waals surface area (Å²) < 4.78 is 32.4. The van der Waals surface area contributed by atoms with Gasteiger partial charge in [0.1, 0.15) is 6.07 Å². The average molecular weight is 482 g/mol. The molecule has 13 heteroatoms. The molecule has 0 aliphatic heterocycles. The van der Waals surface area contributed by atoms with E-state index in [1.54, 1.807) is 19.9 Å². The number of aryl methyl sites for hydroxylation is 1. The van der Waals surface area contributed by atoms with E-state index in [-0.39, 0.29) is 27.7 Å². The van der Waals surface area contributed by atoms with Crippen LogP contribution in [0.25, 0.3) is 0 Å². The summed E-state index contributed by atoms with van der Waals surface area (Å²) in [5, 5.41) is 28.2. The third-order valence-electron chi connectivity index (χ3n) is 4.57. The lowest BCUT2D eigenvalue weighted by Crippen LogP contribution is -2.23. The lowest BCUT2D eigenvalue weighted by Gasteiger charge is -2.08. The summed E-state index contributed by atoms with van der Waals surface area (Å²) in [6.07, 6.45) is 0. The Bertz CT molecular complexity index is 1420. The molecule has 0 radical (unpaired) electrons. The Hall–Kier alpha value is -4.70. The molecule has 0 aliphatic carbocycles. The first-order valence-corrected chi connectivity index (χ1v) is 11.0. The lowest BCUT2D eigenvalue weighted by atomic mass is 10.1. The zero-order chi connectivity index (χ0) is 24.9. The second-order valence-corrected chi connectivity index (χ2v) is 8.52. The van der Waals surface area contributed by atoms with Gasteiger partial charge in [-0.15, -0.1) is 0 Å². The molecule has 174 valence electrons. The van der Waals surface area contributed by atoms with Gasteiger partial charge in [-0.2, -0.15) is 10.4 Å². The number of benzene rings is 2. The molecular formula is C21H18N6O6S. The zero-order valence-electron chi connectivity index (χ0n) is 17.9. The van der Waals surface area contributed by atoms with Gasteiger partial charge < -0.3 is 14.9 Å². The molecule has 0 aliphatic rings. The molecule has 1 aromatic heterocycles. The molecular weight excluding hydrogens is 464 g/mol. The van der Waals surface area contributed by atoms with Crippen molar-refractivity contribution in [3.63, 3.8) is 0 Å². The standard InChI is InChI=1S/C21H18N6O6S/c1-12-13(2)26-33-20(12)27-34(31,32)15-9-7-14(8-10-15)24-25-18(11-22)19(28)23-17-6-4-3-5-16(17)21(29)30/h3-10,24,27H,1-2H3,(H,23,28)(H,29,30)/b25-18+. The van der Waals surface area contributed by atoms with Crippen LogP contribution in [-0.2, 0) is 14.8 Å². The second-order valence-electron chi connectivity index (χ2n) is 6.84. The van der Waals surface area contributed by atoms with E-state index < -0.39 is 27.6 Å². The van der Waals surface area contributed by atoms with Crippen LogP contribution in [0.3, 0.4) is 0 Å². The van der Waals surface area contributed by atoms with Crippen molar-refractivity contribution < 1.29 is 27.6 Å². The minimum Gasteiger partial charge on any atom is -0.478 e. The summed E-state index contributed by atoms with van der Waals surface area (Å²) in [7, 11) is -3.95. The van der Waals surface area contributed by atoms with Crippen molar-refractivity contribution >= 4 is 44.9 Å². The number of nitrogens with one attached hydrogen (secondary N) is 3. The maximum absolute atomic E-state index is 12.5. The number of carboxylic acid groups (broad SMARTS) is 1. The van der Waals surface area contributed by atoms with Crippen LogP contribution in [0.1, 0.15) is 21.6 Å². The van der Waals surface area contributed by atoms with Crippen LogP contribution in [0, 0.1) is 25.2 Å². The number of amides is 1. The highest BCUT2D eigenvalue weighted by Crippen LogP contribution is 2.22. The lowest BCUT2D eigenvalue weighted by molar-refractivity contribution is -0.110. The molecule has 0 fully saturated rings. The van der Waals surface area contributed by atoms with Gasteiger partial charge in [-0.05, 0) is 50.2 Å². The van der Waals surface area contributed by atoms with Gasteiger partial charge >= 0.3 is 5.97 Å². The number of hydrogen-bond donors (Lipinski definition) is 4. The van der Waals surface area contributed by atoms with E-state index in [9.17, 15) is 28.4 Å². The van der Waals surface area contributed by atoms with Crippen LogP contribution < -0.4 is 15.5 Å². The summed E-state index contributed by atoms with van der Waals surface area (Å²) in [6, 6.07) is 12.6. The van der Waals surface area contributed by atoms with Crippen LogP contribution in [-0.4, -0.2) is 36.3 Å². The second kappa shape index (κ2) is 9.84. The molecule has 0 unspecified atom stereocenters. The maximum Gasteiger partial charge on any atom is 0.337 e. The number of nitriles is 1. The summed E-state index contributed by atoms with van der Waals surface area (Å²) in [6.45, 7) is 3.34. The van der Waals surface area contributed by atoms with Crippen molar-refractivity contribution in [2.45, 2.75) is 18.7 Å². The molecule has 0 bridgehead atoms. The fourth-order valence-corrected chi connectivity index (χ4v) is 3.65. The topological polar surface area (TPSA) is 187 Å². The van der Waals surface area contributed by atoms with Crippen LogP contribution in [0.2, 0.25) is 0 Å². The highest BCUT2D eigenvalue weighted by molar-refractivity contribution is 7.92. The highest BCUT2D eigenvalue weighted by atomic mass is 32.2. The van der Waals surface area contributed by atoms with E-state index in [1.165, 1.54) is 48.5 Å². The summed E-state index contributed by atoms with van der Waals surface area (Å²) in [4.78, 5) is 23.5. The number of aromatic carboxylic acids is 1. The molecule has 0 atom stereocenters. The number of aromatic nitrogens is 1. The third-order valence-corrected chi connectivity index (χ3v) is 5.92. The molecule has 4 N–H and O–H groups in total. The van der Waals surface area contributed by atoms with Gasteiger partial charge in [0.25, 0.3) is 15.9 Å². The SMILES string of the molecule is Cc1noc(NS(=O)(=O)c2ccc(N/N=C(\C#N)C(=O)Nc3ccccc3C(=O)O)cc2)c1C. The molecule has 0 saturated heterocycles. The maximum atomic E-state index is 12.5. The van der Waals surface area contributed by atoms with E-state index in [0.29, 0.717) is 11.3 Å². The van der Waals surface area contributed by atoms with Gasteiger partial charge in [0, 0.05) is 5.56 Å². The molecule has 1 amide bonds. The van der Waals surface area contributed by atoms with E-state index >= 15 is 0 Å².